The number of urea groups is 1. The molecule has 3 aromatic rings. The maximum atomic E-state index is 12.9. The molecule has 150 valence electrons. The molecule has 1 fully saturated rings. The van der Waals surface area contributed by atoms with Crippen molar-refractivity contribution in [3.05, 3.63) is 60.5 Å². The molecule has 1 atom stereocenters. The molecule has 1 N–H and O–H groups in total. The summed E-state index contributed by atoms with van der Waals surface area (Å²) in [7, 11) is 0. The normalized spacial score (nSPS) is 16.4. The van der Waals surface area contributed by atoms with Crippen molar-refractivity contribution in [2.45, 2.75) is 32.2 Å². The zero-order chi connectivity index (χ0) is 20.1. The van der Waals surface area contributed by atoms with Crippen LogP contribution >= 0.6 is 0 Å². The first kappa shape index (κ1) is 19.0. The third-order valence-electron chi connectivity index (χ3n) is 4.94. The number of nitrogens with one attached hydrogen (secondary N) is 1. The van der Waals surface area contributed by atoms with Gasteiger partial charge in [-0.1, -0.05) is 35.5 Å². The van der Waals surface area contributed by atoms with E-state index in [0.29, 0.717) is 24.9 Å². The SMILES string of the molecule is CCOc1ccc(NC(=O)N2CCCCC2c2nc(-c3ccccc3)no2)cc1. The quantitative estimate of drug-likeness (QED) is 0.668. The second-order valence-corrected chi connectivity index (χ2v) is 6.91. The number of likely N-dealkylation sites (tertiary alicyclic amines) is 1. The zero-order valence-corrected chi connectivity index (χ0v) is 16.4. The highest BCUT2D eigenvalue weighted by Crippen LogP contribution is 2.31. The van der Waals surface area contributed by atoms with Crippen molar-refractivity contribution in [3.63, 3.8) is 0 Å². The van der Waals surface area contributed by atoms with Crippen molar-refractivity contribution in [1.29, 1.82) is 0 Å². The first-order valence-electron chi connectivity index (χ1n) is 9.94. The molecular weight excluding hydrogens is 368 g/mol. The summed E-state index contributed by atoms with van der Waals surface area (Å²) >= 11 is 0. The Morgan fingerprint density at radius 2 is 1.97 bits per heavy atom. The zero-order valence-electron chi connectivity index (χ0n) is 16.4. The van der Waals surface area contributed by atoms with Crippen LogP contribution in [-0.4, -0.2) is 34.2 Å². The van der Waals surface area contributed by atoms with Gasteiger partial charge >= 0.3 is 6.03 Å². The van der Waals surface area contributed by atoms with Crippen molar-refractivity contribution in [1.82, 2.24) is 15.0 Å². The van der Waals surface area contributed by atoms with Crippen molar-refractivity contribution < 1.29 is 14.1 Å². The van der Waals surface area contributed by atoms with Gasteiger partial charge < -0.3 is 19.5 Å². The Labute approximate surface area is 169 Å². The second kappa shape index (κ2) is 8.77. The molecule has 1 aliphatic rings. The number of nitrogens with zero attached hydrogens (tertiary/aromatic N) is 3. The van der Waals surface area contributed by atoms with Crippen LogP contribution in [0, 0.1) is 0 Å². The van der Waals surface area contributed by atoms with Gasteiger partial charge in [-0.15, -0.1) is 0 Å². The number of aromatic nitrogens is 2. The molecule has 0 aliphatic carbocycles. The molecule has 1 unspecified atom stereocenters. The number of carbonyl (C=O) groups excluding carboxylic acids is 1. The molecule has 7 nitrogen and oxygen atoms in total. The lowest BCUT2D eigenvalue weighted by molar-refractivity contribution is 0.142. The highest BCUT2D eigenvalue weighted by molar-refractivity contribution is 5.89. The Morgan fingerprint density at radius 3 is 2.72 bits per heavy atom. The number of benzene rings is 2. The van der Waals surface area contributed by atoms with Gasteiger partial charge in [0.05, 0.1) is 6.61 Å². The summed E-state index contributed by atoms with van der Waals surface area (Å²) in [6.07, 6.45) is 2.76. The van der Waals surface area contributed by atoms with E-state index >= 15 is 0 Å². The topological polar surface area (TPSA) is 80.5 Å². The van der Waals surface area contributed by atoms with E-state index in [2.05, 4.69) is 15.5 Å². The van der Waals surface area contributed by atoms with E-state index in [9.17, 15) is 4.79 Å². The molecule has 29 heavy (non-hydrogen) atoms. The first-order chi connectivity index (χ1) is 14.2. The molecule has 1 aliphatic heterocycles. The van der Waals surface area contributed by atoms with E-state index in [4.69, 9.17) is 9.26 Å². The lowest BCUT2D eigenvalue weighted by atomic mass is 10.0. The Kier molecular flexibility index (Phi) is 5.74. The third-order valence-corrected chi connectivity index (χ3v) is 4.94. The predicted molar refractivity (Wildman–Crippen MR) is 110 cm³/mol. The average molecular weight is 392 g/mol. The third kappa shape index (κ3) is 4.39. The predicted octanol–water partition coefficient (Wildman–Crippen LogP) is 4.89. The van der Waals surface area contributed by atoms with Crippen LogP contribution in [0.25, 0.3) is 11.4 Å². The van der Waals surface area contributed by atoms with E-state index in [1.165, 1.54) is 0 Å². The van der Waals surface area contributed by atoms with Gasteiger partial charge in [0.1, 0.15) is 11.8 Å². The summed E-state index contributed by atoms with van der Waals surface area (Å²) in [5.74, 6) is 1.80. The maximum absolute atomic E-state index is 12.9. The van der Waals surface area contributed by atoms with Crippen LogP contribution in [0.1, 0.15) is 38.1 Å². The molecule has 1 saturated heterocycles. The van der Waals surface area contributed by atoms with E-state index in [-0.39, 0.29) is 12.1 Å². The molecule has 2 amide bonds. The number of hydrogen-bond donors (Lipinski definition) is 1. The summed E-state index contributed by atoms with van der Waals surface area (Å²) in [5, 5.41) is 7.07. The standard InChI is InChI=1S/C22H24N4O3/c1-2-28-18-13-11-17(12-14-18)23-22(27)26-15-7-6-10-19(26)21-24-20(25-29-21)16-8-4-3-5-9-16/h3-5,8-9,11-14,19H,2,6-7,10,15H2,1H3,(H,23,27). The van der Waals surface area contributed by atoms with E-state index < -0.39 is 0 Å². The summed E-state index contributed by atoms with van der Waals surface area (Å²) in [4.78, 5) is 19.3. The highest BCUT2D eigenvalue weighted by Gasteiger charge is 2.32. The summed E-state index contributed by atoms with van der Waals surface area (Å²) < 4.78 is 11.0. The molecule has 4 rings (SSSR count). The summed E-state index contributed by atoms with van der Waals surface area (Å²) in [6, 6.07) is 16.6. The second-order valence-electron chi connectivity index (χ2n) is 6.91. The first-order valence-corrected chi connectivity index (χ1v) is 9.94. The van der Waals surface area contributed by atoms with Gasteiger partial charge in [0.15, 0.2) is 0 Å². The molecule has 2 aromatic carbocycles. The van der Waals surface area contributed by atoms with Crippen molar-refractivity contribution >= 4 is 11.7 Å². The lowest BCUT2D eigenvalue weighted by Gasteiger charge is -2.33. The van der Waals surface area contributed by atoms with E-state index in [1.54, 1.807) is 4.90 Å². The number of amides is 2. The van der Waals surface area contributed by atoms with Gasteiger partial charge in [-0.25, -0.2) is 4.79 Å². The number of anilines is 1. The smallest absolute Gasteiger partial charge is 0.322 e. The van der Waals surface area contributed by atoms with Gasteiger partial charge in [-0.3, -0.25) is 0 Å². The van der Waals surface area contributed by atoms with Crippen LogP contribution in [0.4, 0.5) is 10.5 Å². The van der Waals surface area contributed by atoms with Crippen molar-refractivity contribution in [2.24, 2.45) is 0 Å². The van der Waals surface area contributed by atoms with Crippen LogP contribution in [-0.2, 0) is 0 Å². The fraction of sp³-hybridized carbons (Fsp3) is 0.318. The van der Waals surface area contributed by atoms with Gasteiger partial charge in [0, 0.05) is 17.8 Å². The Morgan fingerprint density at radius 1 is 1.17 bits per heavy atom. The molecule has 0 spiro atoms. The van der Waals surface area contributed by atoms with Crippen LogP contribution in [0.15, 0.2) is 59.1 Å². The van der Waals surface area contributed by atoms with Gasteiger partial charge in [0.2, 0.25) is 11.7 Å². The Bertz CT molecular complexity index is 940. The molecule has 7 heteroatoms. The van der Waals surface area contributed by atoms with Crippen LogP contribution in [0.3, 0.4) is 0 Å². The summed E-state index contributed by atoms with van der Waals surface area (Å²) in [5.41, 5.74) is 1.61. The number of ether oxygens (including phenoxy) is 1. The molecular formula is C22H24N4O3. The van der Waals surface area contributed by atoms with Crippen molar-refractivity contribution in [2.75, 3.05) is 18.5 Å². The minimum Gasteiger partial charge on any atom is -0.494 e. The monoisotopic (exact) mass is 392 g/mol. The lowest BCUT2D eigenvalue weighted by Crippen LogP contribution is -2.41. The van der Waals surface area contributed by atoms with E-state index in [0.717, 1.165) is 36.3 Å². The molecule has 0 saturated carbocycles. The largest absolute Gasteiger partial charge is 0.494 e. The van der Waals surface area contributed by atoms with Crippen LogP contribution in [0.2, 0.25) is 0 Å². The van der Waals surface area contributed by atoms with Gasteiger partial charge in [-0.2, -0.15) is 4.98 Å². The molecule has 2 heterocycles. The summed E-state index contributed by atoms with van der Waals surface area (Å²) in [6.45, 7) is 3.19. The molecule has 0 radical (unpaired) electrons. The highest BCUT2D eigenvalue weighted by atomic mass is 16.5. The van der Waals surface area contributed by atoms with Gasteiger partial charge in [0.25, 0.3) is 0 Å². The fourth-order valence-electron chi connectivity index (χ4n) is 3.50. The number of carbonyl (C=O) groups is 1. The number of rotatable bonds is 5. The molecule has 1 aromatic heterocycles. The minimum absolute atomic E-state index is 0.168. The fourth-order valence-corrected chi connectivity index (χ4v) is 3.50. The Hall–Kier alpha value is -3.35. The number of piperidine rings is 1. The van der Waals surface area contributed by atoms with Crippen molar-refractivity contribution in [3.8, 4) is 17.1 Å². The van der Waals surface area contributed by atoms with Crippen LogP contribution in [0.5, 0.6) is 5.75 Å². The maximum Gasteiger partial charge on any atom is 0.322 e. The molecule has 0 bridgehead atoms. The number of hydrogen-bond acceptors (Lipinski definition) is 5. The van der Waals surface area contributed by atoms with E-state index in [1.807, 2.05) is 61.5 Å². The van der Waals surface area contributed by atoms with Crippen LogP contribution < -0.4 is 10.1 Å². The minimum atomic E-state index is -0.226. The van der Waals surface area contributed by atoms with Gasteiger partial charge in [-0.05, 0) is 50.5 Å². The average Bonchev–Trinajstić information content (AvgIpc) is 3.26. The Balaban J connectivity index is 1.48.